The topological polar surface area (TPSA) is 175 Å². The highest BCUT2D eigenvalue weighted by molar-refractivity contribution is 7.98. The van der Waals surface area contributed by atoms with Gasteiger partial charge >= 0.3 is 23.9 Å². The number of non-ortho nitro benzene ring substituents is 1. The number of imidazole rings is 1. The first kappa shape index (κ1) is 31.4. The Kier molecular flexibility index (Phi) is 9.98. The number of nitro groups is 1. The van der Waals surface area contributed by atoms with Gasteiger partial charge in [0.15, 0.2) is 29.7 Å². The Morgan fingerprint density at radius 2 is 1.49 bits per heavy atom. The normalized spacial score (nSPS) is 21.5. The van der Waals surface area contributed by atoms with Crippen molar-refractivity contribution in [3.63, 3.8) is 0 Å². The van der Waals surface area contributed by atoms with E-state index in [0.29, 0.717) is 21.9 Å². The molecule has 2 aromatic carbocycles. The van der Waals surface area contributed by atoms with Gasteiger partial charge in [-0.3, -0.25) is 33.9 Å². The molecule has 0 N–H and O–H groups in total. The average molecular weight is 616 g/mol. The summed E-state index contributed by atoms with van der Waals surface area (Å²) in [6.07, 6.45) is -6.30. The van der Waals surface area contributed by atoms with Crippen LogP contribution in [0.4, 0.5) is 5.69 Å². The molecule has 14 nitrogen and oxygen atoms in total. The van der Waals surface area contributed by atoms with E-state index < -0.39 is 59.4 Å². The van der Waals surface area contributed by atoms with Gasteiger partial charge in [-0.25, -0.2) is 4.98 Å². The monoisotopic (exact) mass is 615 g/mol. The largest absolute Gasteiger partial charge is 0.463 e. The van der Waals surface area contributed by atoms with Crippen molar-refractivity contribution in [2.75, 3.05) is 6.61 Å². The number of aromatic nitrogens is 2. The molecule has 2 unspecified atom stereocenters. The van der Waals surface area contributed by atoms with Crippen LogP contribution in [-0.2, 0) is 48.6 Å². The third-order valence-corrected chi connectivity index (χ3v) is 7.32. The summed E-state index contributed by atoms with van der Waals surface area (Å²) in [6, 6.07) is 13.2. The average Bonchev–Trinajstić information content (AvgIpc) is 3.30. The number of nitro benzene ring substituents is 1. The van der Waals surface area contributed by atoms with E-state index >= 15 is 0 Å². The van der Waals surface area contributed by atoms with Gasteiger partial charge in [0.1, 0.15) is 12.7 Å². The van der Waals surface area contributed by atoms with E-state index in [1.807, 2.05) is 0 Å². The molecule has 4 rings (SSSR count). The molecule has 0 spiro atoms. The highest BCUT2D eigenvalue weighted by atomic mass is 32.2. The Bertz CT molecular complexity index is 1520. The van der Waals surface area contributed by atoms with E-state index in [-0.39, 0.29) is 12.3 Å². The SMILES string of the molecule is CC(=O)OCC1O[C@@H](n2c(SCc3ccc([N+](=O)[O-])cc3)nc3ccccc32)C(OC(C)=O)[C@@H](OC(C)=O)[C@H]1OC(C)=O. The second kappa shape index (κ2) is 13.6. The van der Waals surface area contributed by atoms with Gasteiger partial charge in [-0.15, -0.1) is 0 Å². The van der Waals surface area contributed by atoms with Crippen LogP contribution in [0.2, 0.25) is 0 Å². The van der Waals surface area contributed by atoms with Gasteiger partial charge in [-0.2, -0.15) is 0 Å². The number of hydrogen-bond donors (Lipinski definition) is 0. The van der Waals surface area contributed by atoms with Crippen molar-refractivity contribution in [1.82, 2.24) is 9.55 Å². The molecule has 1 saturated heterocycles. The summed E-state index contributed by atoms with van der Waals surface area (Å²) in [5.41, 5.74) is 1.88. The summed E-state index contributed by atoms with van der Waals surface area (Å²) in [5.74, 6) is -2.46. The molecule has 0 saturated carbocycles. The molecule has 1 fully saturated rings. The highest BCUT2D eigenvalue weighted by Gasteiger charge is 2.53. The number of benzene rings is 2. The lowest BCUT2D eigenvalue weighted by atomic mass is 9.97. The second-order valence-corrected chi connectivity index (χ2v) is 10.5. The summed E-state index contributed by atoms with van der Waals surface area (Å²) >= 11 is 1.28. The van der Waals surface area contributed by atoms with E-state index in [1.165, 1.54) is 37.7 Å². The van der Waals surface area contributed by atoms with Crippen molar-refractivity contribution in [1.29, 1.82) is 0 Å². The number of hydrogen-bond acceptors (Lipinski definition) is 13. The first-order valence-corrected chi connectivity index (χ1v) is 14.1. The predicted octanol–water partition coefficient (Wildman–Crippen LogP) is 3.49. The molecular weight excluding hydrogens is 586 g/mol. The van der Waals surface area contributed by atoms with Crippen LogP contribution in [0.1, 0.15) is 39.5 Å². The molecule has 5 atom stereocenters. The third kappa shape index (κ3) is 7.67. The van der Waals surface area contributed by atoms with Crippen molar-refractivity contribution in [2.45, 2.75) is 69.2 Å². The number of fused-ring (bicyclic) bond motifs is 1. The van der Waals surface area contributed by atoms with E-state index in [0.717, 1.165) is 19.4 Å². The first-order valence-electron chi connectivity index (χ1n) is 13.1. The summed E-state index contributed by atoms with van der Waals surface area (Å²) < 4.78 is 30.0. The molecule has 1 aromatic heterocycles. The molecular formula is C28H29N3O11S. The Balaban J connectivity index is 1.81. The van der Waals surface area contributed by atoms with E-state index in [4.69, 9.17) is 28.7 Å². The van der Waals surface area contributed by atoms with Crippen LogP contribution in [0.15, 0.2) is 53.7 Å². The number of thioether (sulfide) groups is 1. The quantitative estimate of drug-likeness (QED) is 0.107. The number of rotatable bonds is 10. The molecule has 228 valence electrons. The van der Waals surface area contributed by atoms with E-state index in [1.54, 1.807) is 41.0 Å². The Hall–Kier alpha value is -4.50. The minimum atomic E-state index is -1.35. The van der Waals surface area contributed by atoms with Crippen molar-refractivity contribution >= 4 is 52.4 Å². The zero-order valence-corrected chi connectivity index (χ0v) is 24.5. The Morgan fingerprint density at radius 3 is 2.09 bits per heavy atom. The van der Waals surface area contributed by atoms with Crippen molar-refractivity contribution in [3.8, 4) is 0 Å². The van der Waals surface area contributed by atoms with E-state index in [2.05, 4.69) is 0 Å². The second-order valence-electron chi connectivity index (χ2n) is 9.56. The number of carbonyl (C=O) groups is 4. The number of esters is 4. The number of carbonyl (C=O) groups excluding carboxylic acids is 4. The van der Waals surface area contributed by atoms with E-state index in [9.17, 15) is 29.3 Å². The van der Waals surface area contributed by atoms with Crippen LogP contribution in [0.3, 0.4) is 0 Å². The molecule has 15 heteroatoms. The molecule has 0 amide bonds. The molecule has 2 heterocycles. The molecule has 1 aliphatic heterocycles. The van der Waals surface area contributed by atoms with Gasteiger partial charge in [-0.1, -0.05) is 36.0 Å². The molecule has 3 aromatic rings. The summed E-state index contributed by atoms with van der Waals surface area (Å²) in [6.45, 7) is 4.30. The molecule has 0 radical (unpaired) electrons. The van der Waals surface area contributed by atoms with Crippen LogP contribution >= 0.6 is 11.8 Å². The summed E-state index contributed by atoms with van der Waals surface area (Å²) in [4.78, 5) is 63.7. The molecule has 0 bridgehead atoms. The fraction of sp³-hybridized carbons (Fsp3) is 0.393. The first-order chi connectivity index (χ1) is 20.4. The lowest BCUT2D eigenvalue weighted by molar-refractivity contribution is -0.384. The van der Waals surface area contributed by atoms with Crippen LogP contribution in [0.25, 0.3) is 11.0 Å². The number of ether oxygens (including phenoxy) is 5. The maximum atomic E-state index is 12.3. The van der Waals surface area contributed by atoms with Crippen LogP contribution in [0.5, 0.6) is 0 Å². The Labute approximate surface area is 249 Å². The standard InChI is InChI=1S/C28H29N3O11S/c1-15(32)38-13-23-24(39-16(2)33)25(40-17(3)34)26(41-18(4)35)27(42-23)30-22-8-6-5-7-21(22)29-28(30)43-14-19-9-11-20(12-10-19)31(36)37/h5-12,23-27H,13-14H2,1-4H3/t23?,24-,25-,26?,27+/m0/s1. The smallest absolute Gasteiger partial charge is 0.303 e. The van der Waals surface area contributed by atoms with Gasteiger partial charge in [0.2, 0.25) is 0 Å². The fourth-order valence-corrected chi connectivity index (χ4v) is 5.64. The van der Waals surface area contributed by atoms with Crippen LogP contribution in [0, 0.1) is 10.1 Å². The zero-order chi connectivity index (χ0) is 31.3. The summed E-state index contributed by atoms with van der Waals surface area (Å²) in [5, 5.41) is 11.5. The minimum absolute atomic E-state index is 0.0431. The van der Waals surface area contributed by atoms with Gasteiger partial charge in [0.25, 0.3) is 5.69 Å². The van der Waals surface area contributed by atoms with Gasteiger partial charge < -0.3 is 23.7 Å². The van der Waals surface area contributed by atoms with Crippen molar-refractivity contribution < 1.29 is 47.8 Å². The highest BCUT2D eigenvalue weighted by Crippen LogP contribution is 2.39. The van der Waals surface area contributed by atoms with Gasteiger partial charge in [-0.05, 0) is 17.7 Å². The van der Waals surface area contributed by atoms with Crippen molar-refractivity contribution in [2.24, 2.45) is 0 Å². The van der Waals surface area contributed by atoms with Gasteiger partial charge in [0, 0.05) is 45.6 Å². The molecule has 43 heavy (non-hydrogen) atoms. The maximum absolute atomic E-state index is 12.3. The number of nitrogens with zero attached hydrogens (tertiary/aromatic N) is 3. The predicted molar refractivity (Wildman–Crippen MR) is 150 cm³/mol. The maximum Gasteiger partial charge on any atom is 0.303 e. The van der Waals surface area contributed by atoms with Crippen molar-refractivity contribution in [3.05, 3.63) is 64.2 Å². The van der Waals surface area contributed by atoms with Crippen LogP contribution in [-0.4, -0.2) is 69.4 Å². The minimum Gasteiger partial charge on any atom is -0.463 e. The molecule has 0 aliphatic carbocycles. The van der Waals surface area contributed by atoms with Crippen LogP contribution < -0.4 is 0 Å². The Morgan fingerprint density at radius 1 is 0.884 bits per heavy atom. The van der Waals surface area contributed by atoms with Gasteiger partial charge in [0.05, 0.1) is 16.0 Å². The summed E-state index contributed by atoms with van der Waals surface area (Å²) in [7, 11) is 0. The lowest BCUT2D eigenvalue weighted by Gasteiger charge is -2.45. The lowest BCUT2D eigenvalue weighted by Crippen LogP contribution is -2.60. The fourth-order valence-electron chi connectivity index (χ4n) is 4.65. The number of para-hydroxylation sites is 2. The zero-order valence-electron chi connectivity index (χ0n) is 23.7. The third-order valence-electron chi connectivity index (χ3n) is 6.30. The molecule has 1 aliphatic rings.